The van der Waals surface area contributed by atoms with Gasteiger partial charge in [-0.25, -0.2) is 0 Å². The highest BCUT2D eigenvalue weighted by Crippen LogP contribution is 2.30. The molecule has 16 heavy (non-hydrogen) atoms. The predicted octanol–water partition coefficient (Wildman–Crippen LogP) is 1.45. The van der Waals surface area contributed by atoms with Gasteiger partial charge < -0.3 is 10.0 Å². The van der Waals surface area contributed by atoms with Crippen LogP contribution in [0, 0.1) is 5.92 Å². The van der Waals surface area contributed by atoms with Crippen molar-refractivity contribution in [3.63, 3.8) is 0 Å². The van der Waals surface area contributed by atoms with Crippen LogP contribution in [0.1, 0.15) is 27.2 Å². The van der Waals surface area contributed by atoms with Gasteiger partial charge in [0.1, 0.15) is 5.92 Å². The number of hydrogen-bond acceptors (Lipinski definition) is 3. The molecule has 1 heterocycles. The van der Waals surface area contributed by atoms with Crippen LogP contribution in [0.5, 0.6) is 0 Å². The summed E-state index contributed by atoms with van der Waals surface area (Å²) in [5, 5.41) is 8.80. The zero-order valence-corrected chi connectivity index (χ0v) is 10.8. The van der Waals surface area contributed by atoms with Gasteiger partial charge in [-0.1, -0.05) is 13.8 Å². The molecule has 0 saturated carbocycles. The van der Waals surface area contributed by atoms with E-state index in [1.165, 1.54) is 6.92 Å². The molecular formula is C11H19NO3S. The number of carboxylic acids is 1. The van der Waals surface area contributed by atoms with Crippen LogP contribution < -0.4 is 0 Å². The van der Waals surface area contributed by atoms with Crippen molar-refractivity contribution in [2.24, 2.45) is 5.92 Å². The zero-order valence-electron chi connectivity index (χ0n) is 10.0. The van der Waals surface area contributed by atoms with Crippen molar-refractivity contribution in [2.45, 2.75) is 31.9 Å². The Hall–Kier alpha value is -0.710. The topological polar surface area (TPSA) is 57.6 Å². The summed E-state index contributed by atoms with van der Waals surface area (Å²) < 4.78 is 0.182. The van der Waals surface area contributed by atoms with E-state index in [0.29, 0.717) is 13.1 Å². The predicted molar refractivity (Wildman–Crippen MR) is 64.5 cm³/mol. The summed E-state index contributed by atoms with van der Waals surface area (Å²) >= 11 is 1.84. The first-order valence-corrected chi connectivity index (χ1v) is 6.47. The first-order valence-electron chi connectivity index (χ1n) is 5.49. The number of nitrogens with zero attached hydrogens (tertiary/aromatic N) is 1. The van der Waals surface area contributed by atoms with Gasteiger partial charge >= 0.3 is 5.97 Å². The molecule has 1 amide bonds. The molecule has 1 rings (SSSR count). The van der Waals surface area contributed by atoms with Crippen molar-refractivity contribution in [3.8, 4) is 0 Å². The van der Waals surface area contributed by atoms with Gasteiger partial charge in [0.05, 0.1) is 0 Å². The second kappa shape index (κ2) is 5.08. The van der Waals surface area contributed by atoms with Crippen LogP contribution in [0.25, 0.3) is 0 Å². The van der Waals surface area contributed by atoms with E-state index in [-0.39, 0.29) is 10.7 Å². The van der Waals surface area contributed by atoms with Crippen LogP contribution in [0.2, 0.25) is 0 Å². The average molecular weight is 245 g/mol. The standard InChI is InChI=1S/C11H19NO3S/c1-8(10(14)15)9(13)12-5-4-11(2,3)16-7-6-12/h8H,4-7H2,1-3H3,(H,14,15). The Morgan fingerprint density at radius 2 is 2.00 bits per heavy atom. The molecule has 1 fully saturated rings. The van der Waals surface area contributed by atoms with E-state index < -0.39 is 11.9 Å². The van der Waals surface area contributed by atoms with Crippen molar-refractivity contribution in [3.05, 3.63) is 0 Å². The first-order chi connectivity index (χ1) is 7.33. The summed E-state index contributed by atoms with van der Waals surface area (Å²) in [4.78, 5) is 24.3. The second-order valence-electron chi connectivity index (χ2n) is 4.74. The molecule has 1 atom stereocenters. The Morgan fingerprint density at radius 1 is 1.38 bits per heavy atom. The van der Waals surface area contributed by atoms with Gasteiger partial charge in [0.2, 0.25) is 5.91 Å². The van der Waals surface area contributed by atoms with Crippen LogP contribution in [-0.2, 0) is 9.59 Å². The fourth-order valence-corrected chi connectivity index (χ4v) is 2.72. The van der Waals surface area contributed by atoms with Crippen molar-refractivity contribution in [1.29, 1.82) is 0 Å². The molecule has 0 aliphatic carbocycles. The number of carboxylic acid groups (broad SMARTS) is 1. The summed E-state index contributed by atoms with van der Waals surface area (Å²) in [7, 11) is 0. The minimum absolute atomic E-state index is 0.182. The van der Waals surface area contributed by atoms with E-state index in [9.17, 15) is 9.59 Å². The summed E-state index contributed by atoms with van der Waals surface area (Å²) in [6.07, 6.45) is 0.912. The minimum Gasteiger partial charge on any atom is -0.481 e. The SMILES string of the molecule is CC(C(=O)O)C(=O)N1CCSC(C)(C)CC1. The largest absolute Gasteiger partial charge is 0.481 e. The Labute approximate surface area is 100 Å². The number of aliphatic carboxylic acids is 1. The third-order valence-corrected chi connectivity index (χ3v) is 4.26. The van der Waals surface area contributed by atoms with Crippen LogP contribution in [0.3, 0.4) is 0 Å². The molecule has 0 aromatic rings. The molecule has 0 aromatic heterocycles. The van der Waals surface area contributed by atoms with E-state index in [1.807, 2.05) is 11.8 Å². The monoisotopic (exact) mass is 245 g/mol. The van der Waals surface area contributed by atoms with Crippen molar-refractivity contribution in [1.82, 2.24) is 4.90 Å². The second-order valence-corrected chi connectivity index (χ2v) is 6.55. The van der Waals surface area contributed by atoms with Gasteiger partial charge in [0, 0.05) is 23.6 Å². The highest BCUT2D eigenvalue weighted by molar-refractivity contribution is 8.00. The molecule has 1 saturated heterocycles. The maximum Gasteiger partial charge on any atom is 0.315 e. The normalized spacial score (nSPS) is 22.3. The summed E-state index contributed by atoms with van der Waals surface area (Å²) in [5.74, 6) is -1.34. The molecule has 0 bridgehead atoms. The number of carbonyl (C=O) groups excluding carboxylic acids is 1. The number of thioether (sulfide) groups is 1. The van der Waals surface area contributed by atoms with Crippen molar-refractivity contribution in [2.75, 3.05) is 18.8 Å². The van der Waals surface area contributed by atoms with Crippen molar-refractivity contribution < 1.29 is 14.7 Å². The fourth-order valence-electron chi connectivity index (χ4n) is 1.62. The maximum absolute atomic E-state index is 11.8. The third kappa shape index (κ3) is 3.40. The molecule has 1 unspecified atom stereocenters. The van der Waals surface area contributed by atoms with Crippen LogP contribution in [-0.4, -0.2) is 45.5 Å². The third-order valence-electron chi connectivity index (χ3n) is 2.89. The lowest BCUT2D eigenvalue weighted by Crippen LogP contribution is -2.39. The average Bonchev–Trinajstić information content (AvgIpc) is 2.37. The van der Waals surface area contributed by atoms with Gasteiger partial charge in [-0.15, -0.1) is 0 Å². The van der Waals surface area contributed by atoms with E-state index in [0.717, 1.165) is 12.2 Å². The highest BCUT2D eigenvalue weighted by Gasteiger charge is 2.30. The van der Waals surface area contributed by atoms with Gasteiger partial charge in [-0.2, -0.15) is 11.8 Å². The van der Waals surface area contributed by atoms with E-state index in [4.69, 9.17) is 5.11 Å². The summed E-state index contributed by atoms with van der Waals surface area (Å²) in [6, 6.07) is 0. The minimum atomic E-state index is -1.04. The Balaban J connectivity index is 2.61. The fraction of sp³-hybridized carbons (Fsp3) is 0.818. The van der Waals surface area contributed by atoms with Crippen LogP contribution in [0.15, 0.2) is 0 Å². The highest BCUT2D eigenvalue weighted by atomic mass is 32.2. The summed E-state index contributed by atoms with van der Waals surface area (Å²) in [5.41, 5.74) is 0. The van der Waals surface area contributed by atoms with E-state index in [2.05, 4.69) is 13.8 Å². The summed E-state index contributed by atoms with van der Waals surface area (Å²) in [6.45, 7) is 7.09. The van der Waals surface area contributed by atoms with Gasteiger partial charge in [0.15, 0.2) is 0 Å². The van der Waals surface area contributed by atoms with E-state index in [1.54, 1.807) is 4.90 Å². The molecule has 1 aliphatic heterocycles. The van der Waals surface area contributed by atoms with E-state index >= 15 is 0 Å². The number of amides is 1. The smallest absolute Gasteiger partial charge is 0.315 e. The lowest BCUT2D eigenvalue weighted by molar-refractivity contribution is -0.150. The molecule has 1 aliphatic rings. The molecule has 0 spiro atoms. The van der Waals surface area contributed by atoms with Crippen molar-refractivity contribution >= 4 is 23.6 Å². The Morgan fingerprint density at radius 3 is 2.56 bits per heavy atom. The van der Waals surface area contributed by atoms with Crippen LogP contribution in [0.4, 0.5) is 0 Å². The Kier molecular flexibility index (Phi) is 4.24. The molecule has 1 N–H and O–H groups in total. The van der Waals surface area contributed by atoms with Gasteiger partial charge in [-0.05, 0) is 13.3 Å². The molecule has 0 radical (unpaired) electrons. The molecule has 4 nitrogen and oxygen atoms in total. The lowest BCUT2D eigenvalue weighted by Gasteiger charge is -2.23. The maximum atomic E-state index is 11.8. The molecular weight excluding hydrogens is 226 g/mol. The molecule has 0 aromatic carbocycles. The van der Waals surface area contributed by atoms with Crippen LogP contribution >= 0.6 is 11.8 Å². The number of hydrogen-bond donors (Lipinski definition) is 1. The van der Waals surface area contributed by atoms with Gasteiger partial charge in [0.25, 0.3) is 0 Å². The zero-order chi connectivity index (χ0) is 12.3. The lowest BCUT2D eigenvalue weighted by atomic mass is 10.1. The molecule has 92 valence electrons. The number of rotatable bonds is 2. The molecule has 5 heteroatoms. The van der Waals surface area contributed by atoms with Gasteiger partial charge in [-0.3, -0.25) is 9.59 Å². The number of carbonyl (C=O) groups is 2. The quantitative estimate of drug-likeness (QED) is 0.748. The Bertz CT molecular complexity index is 291. The first kappa shape index (κ1) is 13.4.